The van der Waals surface area contributed by atoms with Gasteiger partial charge in [-0.15, -0.1) is 0 Å². The van der Waals surface area contributed by atoms with Crippen molar-refractivity contribution in [2.45, 2.75) is 32.2 Å². The Morgan fingerprint density at radius 3 is 2.59 bits per heavy atom. The Bertz CT molecular complexity index is 1140. The summed E-state index contributed by atoms with van der Waals surface area (Å²) in [6.07, 6.45) is 1.24. The SMILES string of the molecule is CCN1CCN(c2ccc(NC(=O)CN3C(=O)NC4(CCc5ccccc54)C3=O)c(C)c2)CC1. The molecule has 0 aromatic heterocycles. The van der Waals surface area contributed by atoms with Crippen LogP contribution in [0.15, 0.2) is 42.5 Å². The van der Waals surface area contributed by atoms with E-state index >= 15 is 0 Å². The standard InChI is InChI=1S/C26H31N5O3/c1-3-29-12-14-30(15-13-29)20-8-9-22(18(2)16-20)27-23(32)17-31-24(33)26(28-25(31)34)11-10-19-6-4-5-7-21(19)26/h4-9,16H,3,10-15,17H2,1-2H3,(H,27,32)(H,28,34). The van der Waals surface area contributed by atoms with Gasteiger partial charge in [0.25, 0.3) is 5.91 Å². The van der Waals surface area contributed by atoms with Gasteiger partial charge in [-0.3, -0.25) is 14.5 Å². The molecule has 2 saturated heterocycles. The Labute approximate surface area is 199 Å². The normalized spacial score (nSPS) is 22.3. The van der Waals surface area contributed by atoms with E-state index in [1.807, 2.05) is 43.3 Å². The summed E-state index contributed by atoms with van der Waals surface area (Å²) in [6.45, 7) is 8.96. The highest BCUT2D eigenvalue weighted by molar-refractivity contribution is 6.11. The average Bonchev–Trinajstić information content (AvgIpc) is 3.33. The molecule has 1 unspecified atom stereocenters. The van der Waals surface area contributed by atoms with Gasteiger partial charge in [-0.2, -0.15) is 0 Å². The predicted molar refractivity (Wildman–Crippen MR) is 131 cm³/mol. The number of anilines is 2. The number of rotatable bonds is 5. The van der Waals surface area contributed by atoms with Crippen LogP contribution in [0.1, 0.15) is 30.0 Å². The molecule has 4 amide bonds. The number of nitrogens with zero attached hydrogens (tertiary/aromatic N) is 3. The van der Waals surface area contributed by atoms with Gasteiger partial charge >= 0.3 is 6.03 Å². The smallest absolute Gasteiger partial charge is 0.325 e. The lowest BCUT2D eigenvalue weighted by Crippen LogP contribution is -2.46. The van der Waals surface area contributed by atoms with Crippen molar-refractivity contribution in [2.24, 2.45) is 0 Å². The van der Waals surface area contributed by atoms with E-state index in [1.165, 1.54) is 0 Å². The number of hydrogen-bond donors (Lipinski definition) is 2. The van der Waals surface area contributed by atoms with Crippen LogP contribution in [-0.4, -0.2) is 66.9 Å². The zero-order valence-electron chi connectivity index (χ0n) is 19.8. The van der Waals surface area contributed by atoms with Crippen LogP contribution in [0.2, 0.25) is 0 Å². The summed E-state index contributed by atoms with van der Waals surface area (Å²) in [4.78, 5) is 44.6. The van der Waals surface area contributed by atoms with E-state index in [1.54, 1.807) is 0 Å². The largest absolute Gasteiger partial charge is 0.369 e. The van der Waals surface area contributed by atoms with Crippen molar-refractivity contribution >= 4 is 29.2 Å². The van der Waals surface area contributed by atoms with Crippen molar-refractivity contribution in [1.29, 1.82) is 0 Å². The minimum absolute atomic E-state index is 0.311. The molecule has 1 aliphatic carbocycles. The van der Waals surface area contributed by atoms with Crippen LogP contribution >= 0.6 is 0 Å². The monoisotopic (exact) mass is 461 g/mol. The molecule has 2 heterocycles. The van der Waals surface area contributed by atoms with Crippen LogP contribution in [0.5, 0.6) is 0 Å². The van der Waals surface area contributed by atoms with Crippen molar-refractivity contribution < 1.29 is 14.4 Å². The molecule has 1 atom stereocenters. The molecule has 0 saturated carbocycles. The summed E-state index contributed by atoms with van der Waals surface area (Å²) < 4.78 is 0. The number of piperazine rings is 1. The zero-order chi connectivity index (χ0) is 23.9. The average molecular weight is 462 g/mol. The van der Waals surface area contributed by atoms with Crippen molar-refractivity contribution in [3.05, 3.63) is 59.2 Å². The van der Waals surface area contributed by atoms with E-state index in [9.17, 15) is 14.4 Å². The molecule has 2 aromatic rings. The first-order valence-electron chi connectivity index (χ1n) is 12.0. The van der Waals surface area contributed by atoms with Gasteiger partial charge < -0.3 is 20.4 Å². The molecule has 34 heavy (non-hydrogen) atoms. The summed E-state index contributed by atoms with van der Waals surface area (Å²) in [5.74, 6) is -0.741. The number of aryl methyl sites for hydroxylation is 2. The Hall–Kier alpha value is -3.39. The third kappa shape index (κ3) is 3.81. The van der Waals surface area contributed by atoms with Crippen molar-refractivity contribution in [3.8, 4) is 0 Å². The number of nitrogens with one attached hydrogen (secondary N) is 2. The maximum atomic E-state index is 13.3. The molecule has 1 spiro atoms. The Morgan fingerprint density at radius 1 is 1.09 bits per heavy atom. The second-order valence-electron chi connectivity index (χ2n) is 9.35. The molecule has 2 aromatic carbocycles. The second kappa shape index (κ2) is 8.76. The van der Waals surface area contributed by atoms with Gasteiger partial charge in [-0.05, 0) is 61.2 Å². The number of hydrogen-bond acceptors (Lipinski definition) is 5. The second-order valence-corrected chi connectivity index (χ2v) is 9.35. The van der Waals surface area contributed by atoms with E-state index in [-0.39, 0.29) is 18.4 Å². The van der Waals surface area contributed by atoms with Crippen molar-refractivity contribution in [3.63, 3.8) is 0 Å². The fraction of sp³-hybridized carbons (Fsp3) is 0.423. The van der Waals surface area contributed by atoms with E-state index in [0.717, 1.165) is 66.4 Å². The van der Waals surface area contributed by atoms with Crippen LogP contribution in [0.25, 0.3) is 0 Å². The quantitative estimate of drug-likeness (QED) is 0.669. The maximum absolute atomic E-state index is 13.3. The van der Waals surface area contributed by atoms with Crippen LogP contribution in [0, 0.1) is 6.92 Å². The first-order valence-corrected chi connectivity index (χ1v) is 12.0. The number of likely N-dealkylation sites (N-methyl/N-ethyl adjacent to an activating group) is 1. The highest BCUT2D eigenvalue weighted by Crippen LogP contribution is 2.41. The van der Waals surface area contributed by atoms with Gasteiger partial charge in [0, 0.05) is 37.6 Å². The Morgan fingerprint density at radius 2 is 1.85 bits per heavy atom. The molecule has 2 fully saturated rings. The molecular formula is C26H31N5O3. The Balaban J connectivity index is 1.24. The van der Waals surface area contributed by atoms with Gasteiger partial charge in [0.1, 0.15) is 12.1 Å². The number of carbonyl (C=O) groups is 3. The highest BCUT2D eigenvalue weighted by atomic mass is 16.2. The van der Waals surface area contributed by atoms with Gasteiger partial charge in [0.15, 0.2) is 0 Å². The van der Waals surface area contributed by atoms with Gasteiger partial charge in [-0.25, -0.2) is 4.79 Å². The number of carbonyl (C=O) groups excluding carboxylic acids is 3. The number of amides is 4. The molecule has 2 N–H and O–H groups in total. The molecule has 3 aliphatic rings. The molecule has 5 rings (SSSR count). The highest BCUT2D eigenvalue weighted by Gasteiger charge is 2.55. The number of urea groups is 1. The lowest BCUT2D eigenvalue weighted by Gasteiger charge is -2.35. The van der Waals surface area contributed by atoms with Crippen LogP contribution in [0.3, 0.4) is 0 Å². The summed E-state index contributed by atoms with van der Waals surface area (Å²) in [5.41, 5.74) is 3.63. The zero-order valence-corrected chi connectivity index (χ0v) is 19.8. The first kappa shape index (κ1) is 22.4. The van der Waals surface area contributed by atoms with Gasteiger partial charge in [0.2, 0.25) is 5.91 Å². The summed E-state index contributed by atoms with van der Waals surface area (Å²) >= 11 is 0. The van der Waals surface area contributed by atoms with E-state index in [4.69, 9.17) is 0 Å². The summed E-state index contributed by atoms with van der Waals surface area (Å²) in [6, 6.07) is 13.1. The van der Waals surface area contributed by atoms with Gasteiger partial charge in [-0.1, -0.05) is 31.2 Å². The van der Waals surface area contributed by atoms with E-state index in [2.05, 4.69) is 33.4 Å². The summed E-state index contributed by atoms with van der Waals surface area (Å²) in [7, 11) is 0. The molecule has 0 radical (unpaired) electrons. The molecule has 0 bridgehead atoms. The molecule has 8 nitrogen and oxygen atoms in total. The Kier molecular flexibility index (Phi) is 5.77. The number of imide groups is 1. The minimum Gasteiger partial charge on any atom is -0.369 e. The third-order valence-corrected chi connectivity index (χ3v) is 7.39. The lowest BCUT2D eigenvalue weighted by molar-refractivity contribution is -0.134. The maximum Gasteiger partial charge on any atom is 0.325 e. The van der Waals surface area contributed by atoms with Crippen LogP contribution in [0.4, 0.5) is 16.2 Å². The molecular weight excluding hydrogens is 430 g/mol. The third-order valence-electron chi connectivity index (χ3n) is 7.39. The molecule has 2 aliphatic heterocycles. The van der Waals surface area contributed by atoms with E-state index in [0.29, 0.717) is 12.1 Å². The fourth-order valence-electron chi connectivity index (χ4n) is 5.37. The van der Waals surface area contributed by atoms with E-state index < -0.39 is 11.6 Å². The van der Waals surface area contributed by atoms with Crippen LogP contribution < -0.4 is 15.5 Å². The molecule has 8 heteroatoms. The predicted octanol–water partition coefficient (Wildman–Crippen LogP) is 2.47. The van der Waals surface area contributed by atoms with Crippen LogP contribution in [-0.2, 0) is 21.5 Å². The van der Waals surface area contributed by atoms with Crippen molar-refractivity contribution in [1.82, 2.24) is 15.1 Å². The van der Waals surface area contributed by atoms with Gasteiger partial charge in [0.05, 0.1) is 0 Å². The first-order chi connectivity index (χ1) is 16.4. The summed E-state index contributed by atoms with van der Waals surface area (Å²) in [5, 5.41) is 5.75. The lowest BCUT2D eigenvalue weighted by atomic mass is 9.92. The molecule has 178 valence electrons. The minimum atomic E-state index is -1.05. The number of fused-ring (bicyclic) bond motifs is 2. The number of benzene rings is 2. The van der Waals surface area contributed by atoms with Crippen molar-refractivity contribution in [2.75, 3.05) is 49.5 Å². The topological polar surface area (TPSA) is 85.0 Å². The fourth-order valence-corrected chi connectivity index (χ4v) is 5.37.